The van der Waals surface area contributed by atoms with Gasteiger partial charge in [-0.05, 0) is 55.8 Å². The normalized spacial score (nSPS) is 24.6. The SMILES string of the molecule is CCC1CCC(C(Cc2ccc(Cl)cc2Cl)NC)C1. The van der Waals surface area contributed by atoms with E-state index in [9.17, 15) is 0 Å². The number of hydrogen-bond donors (Lipinski definition) is 1. The minimum atomic E-state index is 0.523. The molecule has 0 radical (unpaired) electrons. The van der Waals surface area contributed by atoms with E-state index in [0.717, 1.165) is 23.3 Å². The van der Waals surface area contributed by atoms with Crippen LogP contribution in [0.3, 0.4) is 0 Å². The number of benzene rings is 1. The van der Waals surface area contributed by atoms with Crippen LogP contribution in [0.4, 0.5) is 0 Å². The third-order valence-corrected chi connectivity index (χ3v) is 5.14. The molecule has 0 aliphatic heterocycles. The summed E-state index contributed by atoms with van der Waals surface area (Å²) in [6.07, 6.45) is 6.39. The smallest absolute Gasteiger partial charge is 0.0453 e. The molecular formula is C16H23Cl2N. The summed E-state index contributed by atoms with van der Waals surface area (Å²) in [5.41, 5.74) is 1.20. The van der Waals surface area contributed by atoms with Crippen molar-refractivity contribution in [3.8, 4) is 0 Å². The fourth-order valence-corrected chi connectivity index (χ4v) is 3.76. The molecule has 2 rings (SSSR count). The van der Waals surface area contributed by atoms with Gasteiger partial charge in [-0.2, -0.15) is 0 Å². The van der Waals surface area contributed by atoms with Crippen molar-refractivity contribution in [3.05, 3.63) is 33.8 Å². The molecule has 3 heteroatoms. The topological polar surface area (TPSA) is 12.0 Å². The molecule has 0 amide bonds. The van der Waals surface area contributed by atoms with Gasteiger partial charge in [0.1, 0.15) is 0 Å². The maximum Gasteiger partial charge on any atom is 0.0453 e. The molecular weight excluding hydrogens is 277 g/mol. The molecule has 1 aromatic carbocycles. The molecule has 1 fully saturated rings. The molecule has 106 valence electrons. The quantitative estimate of drug-likeness (QED) is 0.811. The van der Waals surface area contributed by atoms with Crippen molar-refractivity contribution in [3.63, 3.8) is 0 Å². The first-order valence-electron chi connectivity index (χ1n) is 7.25. The fraction of sp³-hybridized carbons (Fsp3) is 0.625. The Morgan fingerprint density at radius 1 is 1.32 bits per heavy atom. The van der Waals surface area contributed by atoms with E-state index < -0.39 is 0 Å². The van der Waals surface area contributed by atoms with Gasteiger partial charge < -0.3 is 5.32 Å². The van der Waals surface area contributed by atoms with Gasteiger partial charge in [0.05, 0.1) is 0 Å². The van der Waals surface area contributed by atoms with E-state index in [1.807, 2.05) is 12.1 Å². The van der Waals surface area contributed by atoms with Crippen molar-refractivity contribution in [1.82, 2.24) is 5.32 Å². The minimum absolute atomic E-state index is 0.523. The van der Waals surface area contributed by atoms with Gasteiger partial charge in [-0.1, -0.05) is 49.0 Å². The Bertz CT molecular complexity index is 419. The molecule has 3 unspecified atom stereocenters. The summed E-state index contributed by atoms with van der Waals surface area (Å²) in [6, 6.07) is 6.35. The first-order chi connectivity index (χ1) is 9.13. The van der Waals surface area contributed by atoms with Gasteiger partial charge in [0.25, 0.3) is 0 Å². The van der Waals surface area contributed by atoms with E-state index >= 15 is 0 Å². The Labute approximate surface area is 126 Å². The van der Waals surface area contributed by atoms with Crippen LogP contribution in [0.2, 0.25) is 10.0 Å². The lowest BCUT2D eigenvalue weighted by Crippen LogP contribution is -2.34. The highest BCUT2D eigenvalue weighted by Gasteiger charge is 2.29. The molecule has 1 saturated carbocycles. The van der Waals surface area contributed by atoms with Crippen LogP contribution in [0.15, 0.2) is 18.2 Å². The first-order valence-corrected chi connectivity index (χ1v) is 8.00. The van der Waals surface area contributed by atoms with Gasteiger partial charge in [-0.15, -0.1) is 0 Å². The van der Waals surface area contributed by atoms with Crippen LogP contribution in [-0.2, 0) is 6.42 Å². The summed E-state index contributed by atoms with van der Waals surface area (Å²) < 4.78 is 0. The Balaban J connectivity index is 2.03. The van der Waals surface area contributed by atoms with Gasteiger partial charge >= 0.3 is 0 Å². The van der Waals surface area contributed by atoms with Crippen LogP contribution < -0.4 is 5.32 Å². The Kier molecular flexibility index (Phi) is 5.56. The van der Waals surface area contributed by atoms with Crippen LogP contribution in [0.5, 0.6) is 0 Å². The van der Waals surface area contributed by atoms with Crippen LogP contribution in [0.25, 0.3) is 0 Å². The van der Waals surface area contributed by atoms with Crippen molar-refractivity contribution >= 4 is 23.2 Å². The lowest BCUT2D eigenvalue weighted by Gasteiger charge is -2.24. The molecule has 3 atom stereocenters. The second kappa shape index (κ2) is 6.97. The van der Waals surface area contributed by atoms with E-state index in [-0.39, 0.29) is 0 Å². The average molecular weight is 300 g/mol. The zero-order valence-electron chi connectivity index (χ0n) is 11.8. The monoisotopic (exact) mass is 299 g/mol. The van der Waals surface area contributed by atoms with Crippen LogP contribution in [0, 0.1) is 11.8 Å². The summed E-state index contributed by atoms with van der Waals surface area (Å²) in [7, 11) is 2.06. The molecule has 1 aliphatic carbocycles. The highest BCUT2D eigenvalue weighted by Crippen LogP contribution is 2.36. The summed E-state index contributed by atoms with van der Waals surface area (Å²) >= 11 is 12.2. The fourth-order valence-electron chi connectivity index (χ4n) is 3.28. The highest BCUT2D eigenvalue weighted by atomic mass is 35.5. The van der Waals surface area contributed by atoms with Gasteiger partial charge in [-0.3, -0.25) is 0 Å². The van der Waals surface area contributed by atoms with Crippen LogP contribution in [-0.4, -0.2) is 13.1 Å². The second-order valence-electron chi connectivity index (χ2n) is 5.68. The molecule has 1 nitrogen and oxygen atoms in total. The standard InChI is InChI=1S/C16H23Cl2N/c1-3-11-4-5-13(8-11)16(19-2)9-12-6-7-14(17)10-15(12)18/h6-7,10-11,13,16,19H,3-5,8-9H2,1-2H3. The summed E-state index contributed by atoms with van der Waals surface area (Å²) in [6.45, 7) is 2.30. The predicted molar refractivity (Wildman–Crippen MR) is 84.1 cm³/mol. The van der Waals surface area contributed by atoms with Gasteiger partial charge in [0.15, 0.2) is 0 Å². The third-order valence-electron chi connectivity index (χ3n) is 4.55. The van der Waals surface area contributed by atoms with Crippen molar-refractivity contribution in [2.75, 3.05) is 7.05 Å². The number of likely N-dealkylation sites (N-methyl/N-ethyl adjacent to an activating group) is 1. The first kappa shape index (κ1) is 15.2. The van der Waals surface area contributed by atoms with Crippen molar-refractivity contribution in [1.29, 1.82) is 0 Å². The van der Waals surface area contributed by atoms with E-state index in [4.69, 9.17) is 23.2 Å². The predicted octanol–water partition coefficient (Wildman–Crippen LogP) is 4.95. The van der Waals surface area contributed by atoms with Gasteiger partial charge in [-0.25, -0.2) is 0 Å². The maximum absolute atomic E-state index is 6.28. The zero-order chi connectivity index (χ0) is 13.8. The number of halogens is 2. The van der Waals surface area contributed by atoms with Gasteiger partial charge in [0.2, 0.25) is 0 Å². The molecule has 0 heterocycles. The van der Waals surface area contributed by atoms with Crippen LogP contribution >= 0.6 is 23.2 Å². The summed E-state index contributed by atoms with van der Waals surface area (Å²) in [5.74, 6) is 1.70. The minimum Gasteiger partial charge on any atom is -0.316 e. The molecule has 1 N–H and O–H groups in total. The summed E-state index contributed by atoms with van der Waals surface area (Å²) in [4.78, 5) is 0. The second-order valence-corrected chi connectivity index (χ2v) is 6.53. The van der Waals surface area contributed by atoms with Crippen molar-refractivity contribution < 1.29 is 0 Å². The summed E-state index contributed by atoms with van der Waals surface area (Å²) in [5, 5.41) is 4.99. The molecule has 19 heavy (non-hydrogen) atoms. The number of hydrogen-bond acceptors (Lipinski definition) is 1. The molecule has 1 aliphatic rings. The molecule has 0 aromatic heterocycles. The van der Waals surface area contributed by atoms with E-state index in [1.165, 1.54) is 31.2 Å². The van der Waals surface area contributed by atoms with Crippen molar-refractivity contribution in [2.45, 2.75) is 45.1 Å². The Hall–Kier alpha value is -0.240. The molecule has 0 saturated heterocycles. The lowest BCUT2D eigenvalue weighted by atomic mass is 9.91. The van der Waals surface area contributed by atoms with E-state index in [1.54, 1.807) is 0 Å². The van der Waals surface area contributed by atoms with Gasteiger partial charge in [0, 0.05) is 16.1 Å². The Morgan fingerprint density at radius 2 is 2.11 bits per heavy atom. The number of nitrogens with one attached hydrogen (secondary N) is 1. The third kappa shape index (κ3) is 3.87. The largest absolute Gasteiger partial charge is 0.316 e. The highest BCUT2D eigenvalue weighted by molar-refractivity contribution is 6.35. The molecule has 0 bridgehead atoms. The molecule has 0 spiro atoms. The van der Waals surface area contributed by atoms with E-state index in [0.29, 0.717) is 11.1 Å². The van der Waals surface area contributed by atoms with Crippen LogP contribution in [0.1, 0.15) is 38.2 Å². The lowest BCUT2D eigenvalue weighted by molar-refractivity contribution is 0.361. The number of rotatable bonds is 5. The van der Waals surface area contributed by atoms with Crippen molar-refractivity contribution in [2.24, 2.45) is 11.8 Å². The maximum atomic E-state index is 6.28. The van der Waals surface area contributed by atoms with E-state index in [2.05, 4.69) is 25.4 Å². The average Bonchev–Trinajstić information content (AvgIpc) is 2.86. The Morgan fingerprint density at radius 3 is 2.68 bits per heavy atom. The zero-order valence-corrected chi connectivity index (χ0v) is 13.3. The molecule has 1 aromatic rings.